The Morgan fingerprint density at radius 3 is 2.13 bits per heavy atom. The van der Waals surface area contributed by atoms with E-state index in [1.54, 1.807) is 0 Å². The Morgan fingerprint density at radius 1 is 1.00 bits per heavy atom. The minimum absolute atomic E-state index is 0.146. The van der Waals surface area contributed by atoms with E-state index in [-0.39, 0.29) is 24.8 Å². The van der Waals surface area contributed by atoms with E-state index in [9.17, 15) is 15.0 Å². The maximum Gasteiger partial charge on any atom is 0.338 e. The van der Waals surface area contributed by atoms with Crippen LogP contribution in [0.4, 0.5) is 0 Å². The van der Waals surface area contributed by atoms with E-state index in [2.05, 4.69) is 5.32 Å². The van der Waals surface area contributed by atoms with Gasteiger partial charge in [-0.05, 0) is 24.6 Å². The summed E-state index contributed by atoms with van der Waals surface area (Å²) < 4.78 is 20.9. The minimum atomic E-state index is -0.943. The molecule has 0 bridgehead atoms. The second kappa shape index (κ2) is 11.4. The molecule has 0 aliphatic rings. The van der Waals surface area contributed by atoms with Gasteiger partial charge in [0, 0.05) is 12.6 Å². The zero-order valence-corrected chi connectivity index (χ0v) is 17.6. The highest BCUT2D eigenvalue weighted by Crippen LogP contribution is 2.38. The molecule has 2 aromatic rings. The van der Waals surface area contributed by atoms with Gasteiger partial charge in [0.2, 0.25) is 5.75 Å². The number of aliphatic hydroxyl groups excluding tert-OH is 2. The molecule has 0 saturated heterocycles. The quantitative estimate of drug-likeness (QED) is 0.475. The van der Waals surface area contributed by atoms with Gasteiger partial charge in [-0.3, -0.25) is 0 Å². The van der Waals surface area contributed by atoms with Crippen molar-refractivity contribution in [2.24, 2.45) is 0 Å². The number of aliphatic hydroxyl groups is 2. The molecule has 3 N–H and O–H groups in total. The topological polar surface area (TPSA) is 106 Å². The highest BCUT2D eigenvalue weighted by molar-refractivity contribution is 5.91. The van der Waals surface area contributed by atoms with Crippen LogP contribution in [0.2, 0.25) is 0 Å². The average Bonchev–Trinajstić information content (AvgIpc) is 2.79. The molecule has 0 radical (unpaired) electrons. The highest BCUT2D eigenvalue weighted by atomic mass is 16.5. The third-order valence-corrected chi connectivity index (χ3v) is 4.60. The molecule has 0 saturated carbocycles. The molecular weight excluding hydrogens is 390 g/mol. The number of methoxy groups -OCH3 is 3. The number of carbonyl (C=O) groups is 1. The van der Waals surface area contributed by atoms with E-state index < -0.39 is 18.2 Å². The van der Waals surface area contributed by atoms with Crippen LogP contribution in [0.3, 0.4) is 0 Å². The molecule has 30 heavy (non-hydrogen) atoms. The number of hydrogen-bond donors (Lipinski definition) is 3. The Hall–Kier alpha value is -2.81. The van der Waals surface area contributed by atoms with Gasteiger partial charge in [0.25, 0.3) is 0 Å². The Kier molecular flexibility index (Phi) is 8.91. The summed E-state index contributed by atoms with van der Waals surface area (Å²) >= 11 is 0. The van der Waals surface area contributed by atoms with Crippen LogP contribution < -0.4 is 19.5 Å². The van der Waals surface area contributed by atoms with Gasteiger partial charge in [-0.2, -0.15) is 0 Å². The smallest absolute Gasteiger partial charge is 0.338 e. The molecule has 8 nitrogen and oxygen atoms in total. The summed E-state index contributed by atoms with van der Waals surface area (Å²) in [7, 11) is 4.37. The molecule has 164 valence electrons. The predicted molar refractivity (Wildman–Crippen MR) is 111 cm³/mol. The number of nitrogens with one attached hydrogen (secondary N) is 1. The van der Waals surface area contributed by atoms with Crippen LogP contribution in [0, 0.1) is 0 Å². The molecule has 3 unspecified atom stereocenters. The minimum Gasteiger partial charge on any atom is -0.493 e. The summed E-state index contributed by atoms with van der Waals surface area (Å²) in [6, 6.07) is 11.9. The second-order valence-electron chi connectivity index (χ2n) is 6.72. The van der Waals surface area contributed by atoms with Crippen molar-refractivity contribution in [3.05, 3.63) is 53.6 Å². The molecule has 0 spiro atoms. The largest absolute Gasteiger partial charge is 0.493 e. The van der Waals surface area contributed by atoms with Crippen LogP contribution in [0.15, 0.2) is 42.5 Å². The van der Waals surface area contributed by atoms with Gasteiger partial charge >= 0.3 is 5.97 Å². The SMILES string of the molecule is COc1cc(C(=O)OCC(O)CNC(C)C(O)c2ccccc2)cc(OC)c1OC. The van der Waals surface area contributed by atoms with E-state index in [0.717, 1.165) is 5.56 Å². The fraction of sp³-hybridized carbons (Fsp3) is 0.409. The molecule has 8 heteroatoms. The molecule has 0 aliphatic heterocycles. The maximum absolute atomic E-state index is 12.4. The zero-order valence-electron chi connectivity index (χ0n) is 17.6. The van der Waals surface area contributed by atoms with Crippen molar-refractivity contribution in [1.82, 2.24) is 5.32 Å². The summed E-state index contributed by atoms with van der Waals surface area (Å²) in [6.07, 6.45) is -1.67. The van der Waals surface area contributed by atoms with Crippen LogP contribution >= 0.6 is 0 Å². The van der Waals surface area contributed by atoms with Gasteiger partial charge in [-0.25, -0.2) is 4.79 Å². The van der Waals surface area contributed by atoms with Crippen LogP contribution in [0.5, 0.6) is 17.2 Å². The monoisotopic (exact) mass is 419 g/mol. The Bertz CT molecular complexity index is 787. The molecular formula is C22H29NO7. The fourth-order valence-corrected chi connectivity index (χ4v) is 2.89. The summed E-state index contributed by atoms with van der Waals surface area (Å²) in [5, 5.41) is 23.5. The van der Waals surface area contributed by atoms with Crippen molar-refractivity contribution in [1.29, 1.82) is 0 Å². The Labute approximate surface area is 176 Å². The third-order valence-electron chi connectivity index (χ3n) is 4.60. The molecule has 0 heterocycles. The van der Waals surface area contributed by atoms with Crippen molar-refractivity contribution in [3.63, 3.8) is 0 Å². The van der Waals surface area contributed by atoms with Gasteiger partial charge in [0.15, 0.2) is 11.5 Å². The maximum atomic E-state index is 12.4. The number of ether oxygens (including phenoxy) is 4. The molecule has 0 amide bonds. The van der Waals surface area contributed by atoms with Crippen molar-refractivity contribution < 1.29 is 34.0 Å². The van der Waals surface area contributed by atoms with E-state index >= 15 is 0 Å². The Balaban J connectivity index is 1.88. The Morgan fingerprint density at radius 2 is 1.60 bits per heavy atom. The lowest BCUT2D eigenvalue weighted by molar-refractivity contribution is 0.0237. The van der Waals surface area contributed by atoms with E-state index in [4.69, 9.17) is 18.9 Å². The highest BCUT2D eigenvalue weighted by Gasteiger charge is 2.20. The summed E-state index contributed by atoms with van der Waals surface area (Å²) in [6.45, 7) is 1.75. The van der Waals surface area contributed by atoms with Crippen molar-refractivity contribution in [2.75, 3.05) is 34.5 Å². The summed E-state index contributed by atoms with van der Waals surface area (Å²) in [5.41, 5.74) is 0.985. The number of carbonyl (C=O) groups excluding carboxylic acids is 1. The second-order valence-corrected chi connectivity index (χ2v) is 6.72. The van der Waals surface area contributed by atoms with Crippen LogP contribution in [-0.2, 0) is 4.74 Å². The number of benzene rings is 2. The molecule has 3 atom stereocenters. The molecule has 2 rings (SSSR count). The molecule has 0 aromatic heterocycles. The van der Waals surface area contributed by atoms with Crippen molar-refractivity contribution >= 4 is 5.97 Å². The first-order valence-corrected chi connectivity index (χ1v) is 9.52. The number of hydrogen-bond acceptors (Lipinski definition) is 8. The van der Waals surface area contributed by atoms with E-state index in [1.165, 1.54) is 33.5 Å². The lowest BCUT2D eigenvalue weighted by Crippen LogP contribution is -2.39. The van der Waals surface area contributed by atoms with E-state index in [0.29, 0.717) is 17.2 Å². The molecule has 0 aliphatic carbocycles. The first-order valence-electron chi connectivity index (χ1n) is 9.52. The molecule has 2 aromatic carbocycles. The van der Waals surface area contributed by atoms with Crippen molar-refractivity contribution in [3.8, 4) is 17.2 Å². The van der Waals surface area contributed by atoms with Gasteiger partial charge in [-0.1, -0.05) is 30.3 Å². The normalized spacial score (nSPS) is 13.8. The van der Waals surface area contributed by atoms with Gasteiger partial charge in [-0.15, -0.1) is 0 Å². The van der Waals surface area contributed by atoms with Crippen LogP contribution in [-0.4, -0.2) is 62.8 Å². The zero-order chi connectivity index (χ0) is 22.1. The number of rotatable bonds is 11. The summed E-state index contributed by atoms with van der Waals surface area (Å²) in [5.74, 6) is 0.391. The number of esters is 1. The van der Waals surface area contributed by atoms with Gasteiger partial charge < -0.3 is 34.5 Å². The third kappa shape index (κ3) is 6.09. The fourth-order valence-electron chi connectivity index (χ4n) is 2.89. The average molecular weight is 419 g/mol. The molecule has 0 fully saturated rings. The lowest BCUT2D eigenvalue weighted by Gasteiger charge is -2.22. The van der Waals surface area contributed by atoms with Crippen molar-refractivity contribution in [2.45, 2.75) is 25.2 Å². The predicted octanol–water partition coefficient (Wildman–Crippen LogP) is 1.94. The lowest BCUT2D eigenvalue weighted by atomic mass is 10.0. The van der Waals surface area contributed by atoms with Gasteiger partial charge in [0.05, 0.1) is 33.0 Å². The standard InChI is InChI=1S/C22H29NO7/c1-14(20(25)15-8-6-5-7-9-15)23-12-17(24)13-30-22(26)16-10-18(27-2)21(29-4)19(11-16)28-3/h5-11,14,17,20,23-25H,12-13H2,1-4H3. The summed E-state index contributed by atoms with van der Waals surface area (Å²) in [4.78, 5) is 12.4. The van der Waals surface area contributed by atoms with E-state index in [1.807, 2.05) is 37.3 Å². The van der Waals surface area contributed by atoms with Crippen LogP contribution in [0.25, 0.3) is 0 Å². The van der Waals surface area contributed by atoms with Gasteiger partial charge in [0.1, 0.15) is 12.7 Å². The first-order chi connectivity index (χ1) is 14.4. The van der Waals surface area contributed by atoms with Crippen LogP contribution in [0.1, 0.15) is 28.9 Å². The first kappa shape index (κ1) is 23.5.